The van der Waals surface area contributed by atoms with Crippen LogP contribution in [0.25, 0.3) is 0 Å². The van der Waals surface area contributed by atoms with E-state index in [1.807, 2.05) is 24.3 Å². The first-order valence-corrected chi connectivity index (χ1v) is 12.2. The van der Waals surface area contributed by atoms with Gasteiger partial charge >= 0.3 is 0 Å². The molecule has 3 aromatic carbocycles. The van der Waals surface area contributed by atoms with Gasteiger partial charge in [-0.1, -0.05) is 36.4 Å². The number of ether oxygens (including phenoxy) is 2. The molecule has 4 rings (SSSR count). The van der Waals surface area contributed by atoms with Crippen LogP contribution in [0.5, 0.6) is 11.5 Å². The molecule has 178 valence electrons. The van der Waals surface area contributed by atoms with Crippen molar-refractivity contribution in [1.29, 1.82) is 0 Å². The number of amides is 1. The normalized spacial score (nSPS) is 15.9. The number of methoxy groups -OCH3 is 1. The van der Waals surface area contributed by atoms with Gasteiger partial charge in [-0.05, 0) is 53.9 Å². The Bertz CT molecular complexity index is 1260. The molecule has 0 unspecified atom stereocenters. The molecule has 34 heavy (non-hydrogen) atoms. The number of nitrogens with zero attached hydrogens (tertiary/aromatic N) is 1. The molecule has 0 radical (unpaired) electrons. The van der Waals surface area contributed by atoms with E-state index in [2.05, 4.69) is 5.32 Å². The molecule has 0 saturated heterocycles. The smallest absolute Gasteiger partial charge is 0.247 e. The van der Waals surface area contributed by atoms with Gasteiger partial charge in [0.2, 0.25) is 15.9 Å². The zero-order valence-corrected chi connectivity index (χ0v) is 19.4. The predicted molar refractivity (Wildman–Crippen MR) is 125 cm³/mol. The van der Waals surface area contributed by atoms with Gasteiger partial charge in [-0.15, -0.1) is 0 Å². The summed E-state index contributed by atoms with van der Waals surface area (Å²) in [4.78, 5) is 12.6. The van der Waals surface area contributed by atoms with E-state index in [1.54, 1.807) is 31.4 Å². The Labute approximate surface area is 198 Å². The zero-order chi connectivity index (χ0) is 24.1. The largest absolute Gasteiger partial charge is 0.497 e. The van der Waals surface area contributed by atoms with Gasteiger partial charge in [0, 0.05) is 6.54 Å². The Balaban J connectivity index is 1.49. The first-order valence-electron chi connectivity index (χ1n) is 10.8. The Hall–Kier alpha value is -3.43. The summed E-state index contributed by atoms with van der Waals surface area (Å²) in [7, 11) is -2.68. The number of rotatable bonds is 8. The van der Waals surface area contributed by atoms with E-state index in [0.717, 1.165) is 21.5 Å². The molecule has 1 atom stereocenters. The summed E-state index contributed by atoms with van der Waals surface area (Å²) >= 11 is 0. The topological polar surface area (TPSA) is 84.9 Å². The highest BCUT2D eigenvalue weighted by Crippen LogP contribution is 2.30. The van der Waals surface area contributed by atoms with Crippen molar-refractivity contribution in [3.63, 3.8) is 0 Å². The number of halogens is 1. The van der Waals surface area contributed by atoms with Crippen molar-refractivity contribution in [2.24, 2.45) is 0 Å². The molecule has 0 fully saturated rings. The average Bonchev–Trinajstić information content (AvgIpc) is 2.86. The second-order valence-electron chi connectivity index (χ2n) is 7.78. The van der Waals surface area contributed by atoms with E-state index >= 15 is 0 Å². The molecule has 1 heterocycles. The van der Waals surface area contributed by atoms with E-state index in [9.17, 15) is 17.6 Å². The minimum atomic E-state index is -4.26. The van der Waals surface area contributed by atoms with Crippen LogP contribution < -0.4 is 14.8 Å². The molecule has 1 amide bonds. The molecule has 7 nitrogen and oxygen atoms in total. The Morgan fingerprint density at radius 3 is 2.35 bits per heavy atom. The van der Waals surface area contributed by atoms with Gasteiger partial charge < -0.3 is 14.8 Å². The number of sulfonamides is 1. The summed E-state index contributed by atoms with van der Waals surface area (Å²) in [6, 6.07) is 18.5. The molecule has 1 N–H and O–H groups in total. The Morgan fingerprint density at radius 1 is 1.00 bits per heavy atom. The van der Waals surface area contributed by atoms with Gasteiger partial charge in [0.1, 0.15) is 34.9 Å². The third-order valence-electron chi connectivity index (χ3n) is 5.66. The van der Waals surface area contributed by atoms with Crippen LogP contribution in [0.2, 0.25) is 0 Å². The van der Waals surface area contributed by atoms with Crippen molar-refractivity contribution in [1.82, 2.24) is 9.62 Å². The molecule has 3 aromatic rings. The summed E-state index contributed by atoms with van der Waals surface area (Å²) in [5.74, 6) is 0.000873. The molecule has 0 saturated carbocycles. The van der Waals surface area contributed by atoms with Crippen LogP contribution in [-0.4, -0.2) is 44.9 Å². The fourth-order valence-electron chi connectivity index (χ4n) is 3.89. The number of carbonyl (C=O) groups excluding carboxylic acids is 1. The highest BCUT2D eigenvalue weighted by atomic mass is 32.2. The maximum Gasteiger partial charge on any atom is 0.247 e. The van der Waals surface area contributed by atoms with Gasteiger partial charge in [0.15, 0.2) is 0 Å². The number of benzene rings is 3. The third-order valence-corrected chi connectivity index (χ3v) is 7.55. The van der Waals surface area contributed by atoms with Crippen molar-refractivity contribution < 1.29 is 27.1 Å². The van der Waals surface area contributed by atoms with Gasteiger partial charge in [-0.25, -0.2) is 12.8 Å². The lowest BCUT2D eigenvalue weighted by atomic mass is 9.95. The van der Waals surface area contributed by atoms with Crippen LogP contribution in [0, 0.1) is 5.82 Å². The lowest BCUT2D eigenvalue weighted by Gasteiger charge is -2.35. The predicted octanol–water partition coefficient (Wildman–Crippen LogP) is 3.15. The number of carbonyl (C=O) groups is 1. The molecule has 0 spiro atoms. The summed E-state index contributed by atoms with van der Waals surface area (Å²) in [5.41, 5.74) is 1.67. The first kappa shape index (κ1) is 23.7. The highest BCUT2D eigenvalue weighted by molar-refractivity contribution is 7.89. The average molecular weight is 485 g/mol. The van der Waals surface area contributed by atoms with Crippen molar-refractivity contribution in [3.8, 4) is 11.5 Å². The minimum Gasteiger partial charge on any atom is -0.497 e. The summed E-state index contributed by atoms with van der Waals surface area (Å²) in [5, 5.41) is 2.76. The van der Waals surface area contributed by atoms with Crippen LogP contribution in [0.1, 0.15) is 11.1 Å². The molecule has 1 aliphatic rings. The van der Waals surface area contributed by atoms with Gasteiger partial charge in [0.05, 0.1) is 13.7 Å². The van der Waals surface area contributed by atoms with Crippen molar-refractivity contribution in [2.75, 3.05) is 20.3 Å². The molecule has 1 aliphatic heterocycles. The van der Waals surface area contributed by atoms with Crippen LogP contribution in [0.4, 0.5) is 4.39 Å². The van der Waals surface area contributed by atoms with Crippen molar-refractivity contribution in [3.05, 3.63) is 89.7 Å². The number of fused-ring (bicyclic) bond motifs is 1. The number of nitrogens with one attached hydrogen (secondary N) is 1. The van der Waals surface area contributed by atoms with E-state index < -0.39 is 32.7 Å². The highest BCUT2D eigenvalue weighted by Gasteiger charge is 2.40. The van der Waals surface area contributed by atoms with Crippen molar-refractivity contribution >= 4 is 15.9 Å². The molecule has 9 heteroatoms. The van der Waals surface area contributed by atoms with E-state index in [4.69, 9.17) is 9.47 Å². The van der Waals surface area contributed by atoms with Crippen LogP contribution in [-0.2, 0) is 27.8 Å². The molecule has 0 bridgehead atoms. The number of hydrogen-bond donors (Lipinski definition) is 1. The number of hydrogen-bond acceptors (Lipinski definition) is 5. The van der Waals surface area contributed by atoms with Crippen LogP contribution in [0.3, 0.4) is 0 Å². The van der Waals surface area contributed by atoms with E-state index in [1.165, 1.54) is 18.2 Å². The Kier molecular flexibility index (Phi) is 7.14. The molecule has 0 aliphatic carbocycles. The van der Waals surface area contributed by atoms with Crippen LogP contribution >= 0.6 is 0 Å². The second kappa shape index (κ2) is 10.2. The van der Waals surface area contributed by atoms with Crippen molar-refractivity contribution in [2.45, 2.75) is 23.9 Å². The third kappa shape index (κ3) is 5.05. The minimum absolute atomic E-state index is 0.0206. The van der Waals surface area contributed by atoms with Crippen LogP contribution in [0.15, 0.2) is 77.7 Å². The summed E-state index contributed by atoms with van der Waals surface area (Å²) < 4.78 is 52.9. The standard InChI is InChI=1S/C25H25FN2O5S/c1-32-20-10-12-21(13-11-20)33-15-14-27-25(29)23-16-18-6-2-3-7-19(18)17-28(23)34(30,31)24-9-5-4-8-22(24)26/h2-13,23H,14-17H2,1H3,(H,27,29)/t23-/m0/s1. The van der Waals surface area contributed by atoms with E-state index in [-0.39, 0.29) is 26.1 Å². The summed E-state index contributed by atoms with van der Waals surface area (Å²) in [6.07, 6.45) is 0.190. The lowest BCUT2D eigenvalue weighted by Crippen LogP contribution is -2.53. The maximum absolute atomic E-state index is 14.4. The maximum atomic E-state index is 14.4. The molecular formula is C25H25FN2O5S. The van der Waals surface area contributed by atoms with Gasteiger partial charge in [0.25, 0.3) is 0 Å². The van der Waals surface area contributed by atoms with Gasteiger partial charge in [-0.3, -0.25) is 4.79 Å². The zero-order valence-electron chi connectivity index (χ0n) is 18.6. The SMILES string of the molecule is COc1ccc(OCCNC(=O)[C@@H]2Cc3ccccc3CN2S(=O)(=O)c2ccccc2F)cc1. The molecular weight excluding hydrogens is 459 g/mol. The lowest BCUT2D eigenvalue weighted by molar-refractivity contribution is -0.125. The fourth-order valence-corrected chi connectivity index (χ4v) is 5.52. The first-order chi connectivity index (χ1) is 16.4. The monoisotopic (exact) mass is 484 g/mol. The van der Waals surface area contributed by atoms with E-state index in [0.29, 0.717) is 11.5 Å². The van der Waals surface area contributed by atoms with Gasteiger partial charge in [-0.2, -0.15) is 4.31 Å². The molecule has 0 aromatic heterocycles. The fraction of sp³-hybridized carbons (Fsp3) is 0.240. The second-order valence-corrected chi connectivity index (χ2v) is 9.64. The quantitative estimate of drug-likeness (QED) is 0.497. The summed E-state index contributed by atoms with van der Waals surface area (Å²) in [6.45, 7) is 0.352. The Morgan fingerprint density at radius 2 is 1.65 bits per heavy atom.